The van der Waals surface area contributed by atoms with E-state index >= 15 is 0 Å². The van der Waals surface area contributed by atoms with Crippen molar-refractivity contribution in [1.29, 1.82) is 0 Å². The lowest BCUT2D eigenvalue weighted by Crippen LogP contribution is -2.31. The SMILES string of the molecule is COc1ccc(-c2nc3c(c[n+]2[O-])c(=O)oc2ccccc23)cc1. The van der Waals surface area contributed by atoms with Crippen molar-refractivity contribution in [3.8, 4) is 17.1 Å². The molecule has 6 heteroatoms. The van der Waals surface area contributed by atoms with Gasteiger partial charge in [0.15, 0.2) is 5.39 Å². The van der Waals surface area contributed by atoms with Crippen LogP contribution in [0.4, 0.5) is 0 Å². The zero-order valence-corrected chi connectivity index (χ0v) is 12.7. The third-order valence-corrected chi connectivity index (χ3v) is 3.84. The summed E-state index contributed by atoms with van der Waals surface area (Å²) in [6.07, 6.45) is 1.21. The molecule has 2 aromatic carbocycles. The van der Waals surface area contributed by atoms with Gasteiger partial charge in [0, 0.05) is 0 Å². The molecule has 4 aromatic rings. The van der Waals surface area contributed by atoms with Crippen LogP contribution in [0.2, 0.25) is 0 Å². The maximum absolute atomic E-state index is 12.3. The molecule has 0 spiro atoms. The van der Waals surface area contributed by atoms with Crippen LogP contribution in [0.1, 0.15) is 0 Å². The second-order valence-corrected chi connectivity index (χ2v) is 5.27. The second kappa shape index (κ2) is 5.34. The lowest BCUT2D eigenvalue weighted by atomic mass is 10.1. The Kier molecular flexibility index (Phi) is 3.16. The minimum atomic E-state index is -0.581. The van der Waals surface area contributed by atoms with Crippen LogP contribution in [0.5, 0.6) is 5.75 Å². The number of rotatable bonds is 2. The molecule has 0 saturated carbocycles. The summed E-state index contributed by atoms with van der Waals surface area (Å²) in [5, 5.41) is 13.2. The zero-order chi connectivity index (χ0) is 16.7. The van der Waals surface area contributed by atoms with Gasteiger partial charge in [0.1, 0.15) is 17.5 Å². The van der Waals surface area contributed by atoms with E-state index in [9.17, 15) is 10.0 Å². The summed E-state index contributed by atoms with van der Waals surface area (Å²) in [4.78, 5) is 16.5. The Morgan fingerprint density at radius 2 is 1.83 bits per heavy atom. The predicted octanol–water partition coefficient (Wildman–Crippen LogP) is 2.65. The van der Waals surface area contributed by atoms with Crippen LogP contribution in [-0.2, 0) is 0 Å². The van der Waals surface area contributed by atoms with E-state index in [1.807, 2.05) is 6.07 Å². The minimum Gasteiger partial charge on any atom is -0.710 e. The lowest BCUT2D eigenvalue weighted by molar-refractivity contribution is -0.595. The number of benzene rings is 2. The van der Waals surface area contributed by atoms with E-state index in [-0.39, 0.29) is 11.2 Å². The summed E-state index contributed by atoms with van der Waals surface area (Å²) in [7, 11) is 1.57. The number of fused-ring (bicyclic) bond motifs is 3. The number of hydrogen-bond donors (Lipinski definition) is 0. The van der Waals surface area contributed by atoms with Crippen molar-refractivity contribution in [2.45, 2.75) is 0 Å². The van der Waals surface area contributed by atoms with E-state index in [0.717, 1.165) is 0 Å². The van der Waals surface area contributed by atoms with Gasteiger partial charge in [-0.05, 0) is 41.4 Å². The topological polar surface area (TPSA) is 79.3 Å². The van der Waals surface area contributed by atoms with Gasteiger partial charge in [0.25, 0.3) is 0 Å². The molecule has 0 bridgehead atoms. The Labute approximate surface area is 136 Å². The summed E-state index contributed by atoms with van der Waals surface area (Å²) in [5.74, 6) is 0.893. The highest BCUT2D eigenvalue weighted by Crippen LogP contribution is 2.23. The summed E-state index contributed by atoms with van der Waals surface area (Å²) in [5.41, 5.74) is 0.929. The van der Waals surface area contributed by atoms with Crippen molar-refractivity contribution >= 4 is 21.9 Å². The van der Waals surface area contributed by atoms with Crippen LogP contribution >= 0.6 is 0 Å². The third kappa shape index (κ3) is 2.16. The monoisotopic (exact) mass is 320 g/mol. The molecular weight excluding hydrogens is 308 g/mol. The first-order valence-electron chi connectivity index (χ1n) is 7.27. The quantitative estimate of drug-likeness (QED) is 0.245. The van der Waals surface area contributed by atoms with Gasteiger partial charge in [-0.1, -0.05) is 12.1 Å². The van der Waals surface area contributed by atoms with Gasteiger partial charge in [0.05, 0.1) is 18.1 Å². The summed E-state index contributed by atoms with van der Waals surface area (Å²) >= 11 is 0. The van der Waals surface area contributed by atoms with Crippen LogP contribution in [0.25, 0.3) is 33.3 Å². The molecule has 6 nitrogen and oxygen atoms in total. The second-order valence-electron chi connectivity index (χ2n) is 5.27. The molecule has 2 aromatic heterocycles. The summed E-state index contributed by atoms with van der Waals surface area (Å²) < 4.78 is 10.9. The average Bonchev–Trinajstić information content (AvgIpc) is 2.62. The largest absolute Gasteiger partial charge is 0.710 e. The Hall–Kier alpha value is -3.41. The molecule has 0 amide bonds. The Morgan fingerprint density at radius 1 is 1.08 bits per heavy atom. The van der Waals surface area contributed by atoms with Gasteiger partial charge in [-0.15, -0.1) is 0 Å². The molecule has 0 aliphatic rings. The van der Waals surface area contributed by atoms with Crippen LogP contribution < -0.4 is 15.1 Å². The van der Waals surface area contributed by atoms with Crippen molar-refractivity contribution in [1.82, 2.24) is 4.98 Å². The van der Waals surface area contributed by atoms with Crippen molar-refractivity contribution < 1.29 is 13.9 Å². The van der Waals surface area contributed by atoms with Gasteiger partial charge in [-0.25, -0.2) is 9.52 Å². The maximum Gasteiger partial charge on any atom is 0.351 e. The molecule has 0 saturated heterocycles. The Balaban J connectivity index is 2.04. The molecule has 0 aliphatic carbocycles. The summed E-state index contributed by atoms with van der Waals surface area (Å²) in [6.45, 7) is 0. The highest BCUT2D eigenvalue weighted by atomic mass is 16.5. The molecule has 24 heavy (non-hydrogen) atoms. The van der Waals surface area contributed by atoms with E-state index in [1.165, 1.54) is 6.20 Å². The lowest BCUT2D eigenvalue weighted by Gasteiger charge is -2.08. The molecule has 0 radical (unpaired) electrons. The molecule has 2 heterocycles. The normalized spacial score (nSPS) is 11.0. The van der Waals surface area contributed by atoms with E-state index in [1.54, 1.807) is 49.6 Å². The van der Waals surface area contributed by atoms with Crippen LogP contribution in [0, 0.1) is 5.21 Å². The maximum atomic E-state index is 12.3. The fraction of sp³-hybridized carbons (Fsp3) is 0.0556. The highest BCUT2D eigenvalue weighted by Gasteiger charge is 2.19. The van der Waals surface area contributed by atoms with Gasteiger partial charge < -0.3 is 14.4 Å². The average molecular weight is 320 g/mol. The molecule has 0 unspecified atom stereocenters. The number of ether oxygens (including phenoxy) is 1. The number of nitrogens with zero attached hydrogens (tertiary/aromatic N) is 2. The Morgan fingerprint density at radius 3 is 2.58 bits per heavy atom. The summed E-state index contributed by atoms with van der Waals surface area (Å²) in [6, 6.07) is 14.1. The first kappa shape index (κ1) is 14.2. The number of aromatic nitrogens is 2. The van der Waals surface area contributed by atoms with E-state index in [0.29, 0.717) is 32.5 Å². The van der Waals surface area contributed by atoms with Gasteiger partial charge >= 0.3 is 11.4 Å². The van der Waals surface area contributed by atoms with Crippen molar-refractivity contribution in [3.05, 3.63) is 70.4 Å². The fourth-order valence-corrected chi connectivity index (χ4v) is 2.65. The predicted molar refractivity (Wildman–Crippen MR) is 88.7 cm³/mol. The van der Waals surface area contributed by atoms with Crippen molar-refractivity contribution in [3.63, 3.8) is 0 Å². The smallest absolute Gasteiger partial charge is 0.351 e. The van der Waals surface area contributed by atoms with Crippen molar-refractivity contribution in [2.24, 2.45) is 0 Å². The van der Waals surface area contributed by atoms with Gasteiger partial charge in [-0.3, -0.25) is 0 Å². The number of para-hydroxylation sites is 1. The standard InChI is InChI=1S/C18H12N2O4/c1-23-12-8-6-11(7-9-12)17-19-16-13-4-2-3-5-15(13)24-18(21)14(16)10-20(17)22/h2-10H,1H3. The third-order valence-electron chi connectivity index (χ3n) is 3.84. The molecule has 4 rings (SSSR count). The Bertz CT molecular complexity index is 1120. The van der Waals surface area contributed by atoms with E-state index in [2.05, 4.69) is 4.98 Å². The van der Waals surface area contributed by atoms with Crippen LogP contribution in [-0.4, -0.2) is 12.1 Å². The molecule has 118 valence electrons. The first-order valence-corrected chi connectivity index (χ1v) is 7.27. The van der Waals surface area contributed by atoms with Crippen LogP contribution in [0.15, 0.2) is 63.9 Å². The number of methoxy groups -OCH3 is 1. The van der Waals surface area contributed by atoms with Gasteiger partial charge in [0.2, 0.25) is 5.52 Å². The molecule has 0 atom stereocenters. The van der Waals surface area contributed by atoms with Crippen molar-refractivity contribution in [2.75, 3.05) is 7.11 Å². The van der Waals surface area contributed by atoms with Gasteiger partial charge in [-0.2, -0.15) is 0 Å². The molecule has 0 fully saturated rings. The first-order chi connectivity index (χ1) is 11.7. The zero-order valence-electron chi connectivity index (χ0n) is 12.7. The van der Waals surface area contributed by atoms with Crippen LogP contribution in [0.3, 0.4) is 0 Å². The minimum absolute atomic E-state index is 0.154. The molecule has 0 N–H and O–H groups in total. The van der Waals surface area contributed by atoms with E-state index in [4.69, 9.17) is 9.15 Å². The number of hydrogen-bond acceptors (Lipinski definition) is 5. The molecular formula is C18H12N2O4. The highest BCUT2D eigenvalue weighted by molar-refractivity contribution is 6.01. The molecule has 0 aliphatic heterocycles. The van der Waals surface area contributed by atoms with E-state index < -0.39 is 5.63 Å². The fourth-order valence-electron chi connectivity index (χ4n) is 2.65.